The lowest BCUT2D eigenvalue weighted by molar-refractivity contribution is -0.207. The van der Waals surface area contributed by atoms with E-state index < -0.39 is 53.8 Å². The lowest BCUT2D eigenvalue weighted by Crippen LogP contribution is -2.48. The Bertz CT molecular complexity index is 1830. The number of aromatic nitrogens is 6. The molecule has 2 unspecified atom stereocenters. The van der Waals surface area contributed by atoms with E-state index in [1.165, 1.54) is 36.7 Å². The average Bonchev–Trinajstić information content (AvgIpc) is 3.61. The first-order valence-corrected chi connectivity index (χ1v) is 15.2. The van der Waals surface area contributed by atoms with Crippen molar-refractivity contribution in [3.8, 4) is 11.1 Å². The number of aliphatic hydroxyl groups is 2. The summed E-state index contributed by atoms with van der Waals surface area (Å²) in [4.78, 5) is 12.2. The summed E-state index contributed by atoms with van der Waals surface area (Å²) in [7, 11) is 0. The van der Waals surface area contributed by atoms with E-state index in [-0.39, 0.29) is 5.69 Å². The van der Waals surface area contributed by atoms with E-state index in [9.17, 15) is 27.8 Å². The molecule has 2 aromatic carbocycles. The third-order valence-electron chi connectivity index (χ3n) is 8.45. The van der Waals surface area contributed by atoms with Crippen molar-refractivity contribution in [3.05, 3.63) is 114 Å². The highest BCUT2D eigenvalue weighted by Crippen LogP contribution is 2.46. The number of nitrogens with zero attached hydrogens (tertiary/aromatic N) is 8. The maximum atomic E-state index is 16.1. The second-order valence-electron chi connectivity index (χ2n) is 11.7. The number of piperazine rings is 1. The zero-order valence-corrected chi connectivity index (χ0v) is 25.7. The maximum absolute atomic E-state index is 16.1. The molecule has 1 aliphatic rings. The molecule has 10 nitrogen and oxygen atoms in total. The Morgan fingerprint density at radius 1 is 0.755 bits per heavy atom. The molecule has 6 rings (SSSR count). The molecule has 5 aromatic rings. The molecule has 0 amide bonds. The summed E-state index contributed by atoms with van der Waals surface area (Å²) in [6, 6.07) is 17.8. The lowest BCUT2D eigenvalue weighted by Gasteiger charge is -2.37. The minimum Gasteiger partial charge on any atom is -0.386 e. The van der Waals surface area contributed by atoms with Crippen molar-refractivity contribution in [2.45, 2.75) is 36.8 Å². The summed E-state index contributed by atoms with van der Waals surface area (Å²) in [5.41, 5.74) is -1.60. The van der Waals surface area contributed by atoms with Crippen molar-refractivity contribution in [3.63, 3.8) is 0 Å². The highest BCUT2D eigenvalue weighted by Gasteiger charge is 2.57. The van der Waals surface area contributed by atoms with Crippen LogP contribution in [0.1, 0.15) is 29.5 Å². The number of tetrazole rings is 1. The van der Waals surface area contributed by atoms with Crippen LogP contribution in [-0.4, -0.2) is 72.7 Å². The second kappa shape index (κ2) is 13.4. The molecule has 4 heterocycles. The van der Waals surface area contributed by atoms with Gasteiger partial charge >= 0.3 is 12.1 Å². The predicted octanol–water partition coefficient (Wildman–Crippen LogP) is 5.26. The van der Waals surface area contributed by atoms with Crippen molar-refractivity contribution in [2.75, 3.05) is 36.0 Å². The molecule has 0 spiro atoms. The fourth-order valence-electron chi connectivity index (χ4n) is 5.79. The molecule has 2 atom stereocenters. The Morgan fingerprint density at radius 2 is 1.41 bits per heavy atom. The SMILES string of the molecule is OC(CC(F)(F)F)c1ccc(N2CCN(c3ccc(-c4ccc(C(F)(F)C(O)(Cn5cnnn5)c5ccccc5F)nc4)cc3)CC2)cn1. The van der Waals surface area contributed by atoms with Crippen molar-refractivity contribution in [1.82, 2.24) is 30.2 Å². The van der Waals surface area contributed by atoms with Gasteiger partial charge in [0.15, 0.2) is 5.60 Å². The Hall–Kier alpha value is -5.09. The Balaban J connectivity index is 1.11. The zero-order chi connectivity index (χ0) is 34.8. The van der Waals surface area contributed by atoms with Crippen LogP contribution in [0.4, 0.5) is 37.7 Å². The van der Waals surface area contributed by atoms with E-state index in [0.717, 1.165) is 40.6 Å². The molecule has 256 valence electrons. The van der Waals surface area contributed by atoms with Crippen LogP contribution in [0, 0.1) is 5.82 Å². The molecule has 1 saturated heterocycles. The predicted molar refractivity (Wildman–Crippen MR) is 166 cm³/mol. The second-order valence-corrected chi connectivity index (χ2v) is 11.7. The molecule has 49 heavy (non-hydrogen) atoms. The van der Waals surface area contributed by atoms with Gasteiger partial charge in [0, 0.05) is 49.2 Å². The summed E-state index contributed by atoms with van der Waals surface area (Å²) < 4.78 is 85.6. The number of hydrogen-bond donors (Lipinski definition) is 2. The molecule has 0 saturated carbocycles. The number of pyridine rings is 2. The Kier molecular flexibility index (Phi) is 9.26. The fraction of sp³-hybridized carbons (Fsp3) is 0.303. The van der Waals surface area contributed by atoms with Crippen LogP contribution in [-0.2, 0) is 18.1 Å². The van der Waals surface area contributed by atoms with Gasteiger partial charge in [0.1, 0.15) is 23.9 Å². The zero-order valence-electron chi connectivity index (χ0n) is 25.7. The monoisotopic (exact) mass is 684 g/mol. The largest absolute Gasteiger partial charge is 0.391 e. The van der Waals surface area contributed by atoms with Crippen molar-refractivity contribution < 1.29 is 36.6 Å². The first-order chi connectivity index (χ1) is 23.3. The van der Waals surface area contributed by atoms with Crippen LogP contribution in [0.25, 0.3) is 11.1 Å². The van der Waals surface area contributed by atoms with E-state index in [4.69, 9.17) is 0 Å². The third-order valence-corrected chi connectivity index (χ3v) is 8.45. The molecule has 2 N–H and O–H groups in total. The molecule has 1 aliphatic heterocycles. The average molecular weight is 685 g/mol. The highest BCUT2D eigenvalue weighted by atomic mass is 19.4. The molecular weight excluding hydrogens is 654 g/mol. The standard InChI is InChI=1S/C33H30F6N8O2/c34-27-4-2-1-3-26(27)31(49,20-47-21-42-43-44-47)33(38,39)30-12-7-23(18-41-30)22-5-8-24(9-6-22)45-13-15-46(16-14-45)25-10-11-28(40-19-25)29(48)17-32(35,36)37/h1-12,18-19,21,29,48-49H,13-17,20H2. The van der Waals surface area contributed by atoms with Gasteiger partial charge in [-0.25, -0.2) is 9.07 Å². The molecule has 0 radical (unpaired) electrons. The van der Waals surface area contributed by atoms with Gasteiger partial charge in [0.05, 0.1) is 30.5 Å². The smallest absolute Gasteiger partial charge is 0.386 e. The van der Waals surface area contributed by atoms with Gasteiger partial charge in [-0.05, 0) is 52.4 Å². The van der Waals surface area contributed by atoms with Gasteiger partial charge < -0.3 is 20.0 Å². The van der Waals surface area contributed by atoms with Crippen molar-refractivity contribution in [2.24, 2.45) is 0 Å². The Labute approximate surface area is 276 Å². The summed E-state index contributed by atoms with van der Waals surface area (Å²) in [6.07, 6.45) is -3.81. The van der Waals surface area contributed by atoms with Gasteiger partial charge in [-0.1, -0.05) is 36.4 Å². The third kappa shape index (κ3) is 7.19. The molecule has 1 fully saturated rings. The van der Waals surface area contributed by atoms with Crippen LogP contribution in [0.5, 0.6) is 0 Å². The summed E-state index contributed by atoms with van der Waals surface area (Å²) in [5, 5.41) is 31.6. The number of aliphatic hydroxyl groups excluding tert-OH is 1. The Morgan fingerprint density at radius 3 is 1.98 bits per heavy atom. The van der Waals surface area contributed by atoms with Crippen LogP contribution >= 0.6 is 0 Å². The van der Waals surface area contributed by atoms with Crippen molar-refractivity contribution >= 4 is 11.4 Å². The van der Waals surface area contributed by atoms with E-state index in [1.807, 2.05) is 24.3 Å². The maximum Gasteiger partial charge on any atom is 0.391 e. The summed E-state index contributed by atoms with van der Waals surface area (Å²) in [6.45, 7) is 1.71. The van der Waals surface area contributed by atoms with Crippen LogP contribution in [0.3, 0.4) is 0 Å². The number of halogens is 6. The van der Waals surface area contributed by atoms with E-state index >= 15 is 8.78 Å². The van der Waals surface area contributed by atoms with Gasteiger partial charge in [-0.15, -0.1) is 5.10 Å². The first kappa shape index (κ1) is 33.8. The van der Waals surface area contributed by atoms with Crippen LogP contribution < -0.4 is 9.80 Å². The van der Waals surface area contributed by atoms with Gasteiger partial charge in [-0.3, -0.25) is 9.97 Å². The lowest BCUT2D eigenvalue weighted by atomic mass is 9.84. The molecular formula is C33H30F6N8O2. The molecule has 3 aromatic heterocycles. The van der Waals surface area contributed by atoms with Gasteiger partial charge in [-0.2, -0.15) is 22.0 Å². The minimum atomic E-state index is -4.49. The van der Waals surface area contributed by atoms with E-state index in [2.05, 4.69) is 35.3 Å². The minimum absolute atomic E-state index is 0.0386. The van der Waals surface area contributed by atoms with Gasteiger partial charge in [0.2, 0.25) is 0 Å². The molecule has 0 bridgehead atoms. The number of anilines is 2. The van der Waals surface area contributed by atoms with E-state index in [1.54, 1.807) is 6.07 Å². The topological polar surface area (TPSA) is 116 Å². The normalized spacial score (nSPS) is 16.0. The van der Waals surface area contributed by atoms with Crippen LogP contribution in [0.15, 0.2) is 91.5 Å². The number of rotatable bonds is 10. The van der Waals surface area contributed by atoms with Crippen LogP contribution in [0.2, 0.25) is 0 Å². The number of hydrogen-bond acceptors (Lipinski definition) is 9. The van der Waals surface area contributed by atoms with Gasteiger partial charge in [0.25, 0.3) is 0 Å². The molecule has 0 aliphatic carbocycles. The number of alkyl halides is 5. The van der Waals surface area contributed by atoms with E-state index in [0.29, 0.717) is 37.3 Å². The van der Waals surface area contributed by atoms with Crippen molar-refractivity contribution in [1.29, 1.82) is 0 Å². The summed E-state index contributed by atoms with van der Waals surface area (Å²) in [5.74, 6) is -5.08. The first-order valence-electron chi connectivity index (χ1n) is 15.2. The summed E-state index contributed by atoms with van der Waals surface area (Å²) >= 11 is 0. The fourth-order valence-corrected chi connectivity index (χ4v) is 5.79. The quantitative estimate of drug-likeness (QED) is 0.190. The highest BCUT2D eigenvalue weighted by molar-refractivity contribution is 5.66. The molecule has 16 heteroatoms. The number of benzene rings is 2.